The average molecular weight is 242 g/mol. The number of halogens is 1. The second-order valence-corrected chi connectivity index (χ2v) is 5.29. The summed E-state index contributed by atoms with van der Waals surface area (Å²) >= 11 is 5.94. The summed E-state index contributed by atoms with van der Waals surface area (Å²) in [7, 11) is 1.70. The van der Waals surface area contributed by atoms with Crippen molar-refractivity contribution in [1.82, 2.24) is 4.98 Å². The fourth-order valence-corrected chi connectivity index (χ4v) is 1.84. The molecule has 1 aromatic rings. The topological polar surface area (TPSA) is 22.1 Å². The molecular weight excluding hydrogens is 222 g/mol. The van der Waals surface area contributed by atoms with E-state index in [1.807, 2.05) is 13.1 Å². The van der Waals surface area contributed by atoms with Crippen LogP contribution in [0.4, 0.5) is 0 Å². The quantitative estimate of drug-likeness (QED) is 0.753. The standard InChI is InChI=1S/C13H20ClNO/c1-9-7-15-11(6-13(3,4)8-14)10(2)12(9)16-5/h7H,6,8H2,1-5H3. The van der Waals surface area contributed by atoms with Crippen LogP contribution in [0.25, 0.3) is 0 Å². The molecule has 1 aromatic heterocycles. The van der Waals surface area contributed by atoms with E-state index < -0.39 is 0 Å². The summed E-state index contributed by atoms with van der Waals surface area (Å²) in [5, 5.41) is 0. The molecule has 0 radical (unpaired) electrons. The first kappa shape index (κ1) is 13.3. The van der Waals surface area contributed by atoms with Gasteiger partial charge < -0.3 is 4.74 Å². The summed E-state index contributed by atoms with van der Waals surface area (Å²) in [6.45, 7) is 8.36. The van der Waals surface area contributed by atoms with E-state index in [0.717, 1.165) is 29.0 Å². The highest BCUT2D eigenvalue weighted by molar-refractivity contribution is 6.18. The van der Waals surface area contributed by atoms with Crippen LogP contribution in [0.5, 0.6) is 5.75 Å². The fraction of sp³-hybridized carbons (Fsp3) is 0.615. The first-order valence-corrected chi connectivity index (χ1v) is 6.00. The molecule has 1 rings (SSSR count). The van der Waals surface area contributed by atoms with Crippen LogP contribution in [-0.4, -0.2) is 18.0 Å². The van der Waals surface area contributed by atoms with Crippen LogP contribution in [0, 0.1) is 19.3 Å². The summed E-state index contributed by atoms with van der Waals surface area (Å²) in [6, 6.07) is 0. The Kier molecular flexibility index (Phi) is 4.20. The highest BCUT2D eigenvalue weighted by atomic mass is 35.5. The lowest BCUT2D eigenvalue weighted by atomic mass is 9.88. The van der Waals surface area contributed by atoms with Crippen LogP contribution in [0.1, 0.15) is 30.7 Å². The minimum absolute atomic E-state index is 0.0690. The molecule has 0 aliphatic carbocycles. The lowest BCUT2D eigenvalue weighted by Gasteiger charge is -2.22. The van der Waals surface area contributed by atoms with E-state index in [-0.39, 0.29) is 5.41 Å². The molecule has 0 N–H and O–H groups in total. The molecule has 0 aliphatic rings. The minimum Gasteiger partial charge on any atom is -0.496 e. The molecule has 90 valence electrons. The van der Waals surface area contributed by atoms with E-state index in [0.29, 0.717) is 5.88 Å². The van der Waals surface area contributed by atoms with Gasteiger partial charge in [-0.05, 0) is 25.7 Å². The van der Waals surface area contributed by atoms with Crippen molar-refractivity contribution in [3.8, 4) is 5.75 Å². The number of nitrogens with zero attached hydrogens (tertiary/aromatic N) is 1. The molecule has 0 atom stereocenters. The number of hydrogen-bond acceptors (Lipinski definition) is 2. The Morgan fingerprint density at radius 2 is 2.00 bits per heavy atom. The lowest BCUT2D eigenvalue weighted by molar-refractivity contribution is 0.395. The predicted octanol–water partition coefficient (Wildman–Crippen LogP) is 3.51. The van der Waals surface area contributed by atoms with Gasteiger partial charge in [-0.1, -0.05) is 13.8 Å². The van der Waals surface area contributed by atoms with Crippen molar-refractivity contribution in [1.29, 1.82) is 0 Å². The molecule has 0 saturated carbocycles. The summed E-state index contributed by atoms with van der Waals surface area (Å²) in [6.07, 6.45) is 2.74. The number of hydrogen-bond donors (Lipinski definition) is 0. The molecule has 0 fully saturated rings. The molecule has 3 heteroatoms. The van der Waals surface area contributed by atoms with Gasteiger partial charge in [0.05, 0.1) is 7.11 Å². The third-order valence-electron chi connectivity index (χ3n) is 2.76. The second-order valence-electron chi connectivity index (χ2n) is 5.02. The maximum Gasteiger partial charge on any atom is 0.128 e. The van der Waals surface area contributed by atoms with E-state index in [1.54, 1.807) is 7.11 Å². The third kappa shape index (κ3) is 2.88. The fourth-order valence-electron chi connectivity index (χ4n) is 1.75. The van der Waals surface area contributed by atoms with E-state index in [4.69, 9.17) is 16.3 Å². The van der Waals surface area contributed by atoms with Crippen LogP contribution < -0.4 is 4.74 Å². The van der Waals surface area contributed by atoms with E-state index >= 15 is 0 Å². The number of aromatic nitrogens is 1. The maximum absolute atomic E-state index is 5.94. The third-order valence-corrected chi connectivity index (χ3v) is 3.48. The summed E-state index contributed by atoms with van der Waals surface area (Å²) < 4.78 is 5.39. The Morgan fingerprint density at radius 1 is 1.38 bits per heavy atom. The summed E-state index contributed by atoms with van der Waals surface area (Å²) in [5.74, 6) is 1.57. The van der Waals surface area contributed by atoms with E-state index in [2.05, 4.69) is 25.8 Å². The number of alkyl halides is 1. The van der Waals surface area contributed by atoms with Crippen LogP contribution >= 0.6 is 11.6 Å². The van der Waals surface area contributed by atoms with Crippen molar-refractivity contribution >= 4 is 11.6 Å². The SMILES string of the molecule is COc1c(C)cnc(CC(C)(C)CCl)c1C. The normalized spacial score (nSPS) is 11.6. The van der Waals surface area contributed by atoms with Crippen LogP contribution in [0.2, 0.25) is 0 Å². The largest absolute Gasteiger partial charge is 0.496 e. The summed E-state index contributed by atoms with van der Waals surface area (Å²) in [5.41, 5.74) is 3.35. The van der Waals surface area contributed by atoms with Crippen molar-refractivity contribution in [3.63, 3.8) is 0 Å². The van der Waals surface area contributed by atoms with Gasteiger partial charge in [0.2, 0.25) is 0 Å². The Labute approximate surface area is 103 Å². The number of aryl methyl sites for hydroxylation is 1. The molecule has 0 saturated heterocycles. The Morgan fingerprint density at radius 3 is 2.50 bits per heavy atom. The minimum atomic E-state index is 0.0690. The monoisotopic (exact) mass is 241 g/mol. The number of pyridine rings is 1. The van der Waals surface area contributed by atoms with Crippen molar-refractivity contribution in [2.24, 2.45) is 5.41 Å². The van der Waals surface area contributed by atoms with Gasteiger partial charge in [0.25, 0.3) is 0 Å². The second kappa shape index (κ2) is 5.05. The number of methoxy groups -OCH3 is 1. The van der Waals surface area contributed by atoms with Gasteiger partial charge in [0.15, 0.2) is 0 Å². The molecule has 0 spiro atoms. The zero-order chi connectivity index (χ0) is 12.3. The van der Waals surface area contributed by atoms with Crippen molar-refractivity contribution in [2.75, 3.05) is 13.0 Å². The first-order valence-electron chi connectivity index (χ1n) is 5.46. The molecule has 0 aliphatic heterocycles. The van der Waals surface area contributed by atoms with Crippen molar-refractivity contribution in [3.05, 3.63) is 23.0 Å². The lowest BCUT2D eigenvalue weighted by Crippen LogP contribution is -2.18. The molecule has 1 heterocycles. The molecular formula is C13H20ClNO. The maximum atomic E-state index is 5.94. The van der Waals surface area contributed by atoms with Gasteiger partial charge in [-0.25, -0.2) is 0 Å². The molecule has 0 aromatic carbocycles. The van der Waals surface area contributed by atoms with Gasteiger partial charge in [0, 0.05) is 28.9 Å². The Hall–Kier alpha value is -0.760. The average Bonchev–Trinajstić information content (AvgIpc) is 2.23. The van der Waals surface area contributed by atoms with Gasteiger partial charge in [-0.15, -0.1) is 11.6 Å². The zero-order valence-corrected chi connectivity index (χ0v) is 11.5. The van der Waals surface area contributed by atoms with Crippen LogP contribution in [0.3, 0.4) is 0 Å². The molecule has 2 nitrogen and oxygen atoms in total. The van der Waals surface area contributed by atoms with Gasteiger partial charge in [-0.2, -0.15) is 0 Å². The van der Waals surface area contributed by atoms with E-state index in [9.17, 15) is 0 Å². The van der Waals surface area contributed by atoms with Gasteiger partial charge in [-0.3, -0.25) is 4.98 Å². The first-order chi connectivity index (χ1) is 7.41. The predicted molar refractivity (Wildman–Crippen MR) is 68.5 cm³/mol. The van der Waals surface area contributed by atoms with E-state index in [1.165, 1.54) is 0 Å². The van der Waals surface area contributed by atoms with Crippen LogP contribution in [0.15, 0.2) is 6.20 Å². The number of rotatable bonds is 4. The Balaban J connectivity index is 3.07. The van der Waals surface area contributed by atoms with Crippen molar-refractivity contribution in [2.45, 2.75) is 34.1 Å². The van der Waals surface area contributed by atoms with Crippen molar-refractivity contribution < 1.29 is 4.74 Å². The summed E-state index contributed by atoms with van der Waals surface area (Å²) in [4.78, 5) is 4.48. The zero-order valence-electron chi connectivity index (χ0n) is 10.7. The van der Waals surface area contributed by atoms with Gasteiger partial charge >= 0.3 is 0 Å². The Bertz CT molecular complexity index is 374. The molecule has 0 unspecified atom stereocenters. The highest BCUT2D eigenvalue weighted by Crippen LogP contribution is 2.29. The molecule has 0 amide bonds. The molecule has 16 heavy (non-hydrogen) atoms. The number of ether oxygens (including phenoxy) is 1. The molecule has 0 bridgehead atoms. The highest BCUT2D eigenvalue weighted by Gasteiger charge is 2.20. The smallest absolute Gasteiger partial charge is 0.128 e. The van der Waals surface area contributed by atoms with Gasteiger partial charge in [0.1, 0.15) is 5.75 Å². The van der Waals surface area contributed by atoms with Crippen LogP contribution in [-0.2, 0) is 6.42 Å².